The van der Waals surface area contributed by atoms with E-state index in [1.165, 1.54) is 5.56 Å². The highest BCUT2D eigenvalue weighted by atomic mass is 35.5. The van der Waals surface area contributed by atoms with Crippen LogP contribution in [-0.2, 0) is 11.3 Å². The van der Waals surface area contributed by atoms with E-state index in [-0.39, 0.29) is 19.0 Å². The van der Waals surface area contributed by atoms with Crippen LogP contribution in [-0.4, -0.2) is 31.5 Å². The Morgan fingerprint density at radius 3 is 2.53 bits per heavy atom. The van der Waals surface area contributed by atoms with Crippen molar-refractivity contribution in [3.63, 3.8) is 0 Å². The van der Waals surface area contributed by atoms with Crippen LogP contribution in [0.1, 0.15) is 5.56 Å². The first-order valence-corrected chi connectivity index (χ1v) is 4.86. The maximum atomic E-state index is 8.46. The second kappa shape index (κ2) is 9.93. The quantitative estimate of drug-likeness (QED) is 0.694. The lowest BCUT2D eigenvalue weighted by Gasteiger charge is -2.04. The highest BCUT2D eigenvalue weighted by molar-refractivity contribution is 5.85. The fraction of sp³-hybridized carbons (Fsp3) is 0.455. The summed E-state index contributed by atoms with van der Waals surface area (Å²) in [5.74, 6) is 0. The number of halogens is 1. The smallest absolute Gasteiger partial charge is 0.0698 e. The van der Waals surface area contributed by atoms with Crippen LogP contribution in [0.4, 0.5) is 0 Å². The first kappa shape index (κ1) is 14.4. The number of hydrogen-bond acceptors (Lipinski definition) is 3. The number of aliphatic hydroxyl groups excluding tert-OH is 1. The van der Waals surface area contributed by atoms with E-state index < -0.39 is 0 Å². The van der Waals surface area contributed by atoms with Crippen LogP contribution >= 0.6 is 12.4 Å². The van der Waals surface area contributed by atoms with Gasteiger partial charge in [-0.05, 0) is 5.56 Å². The molecule has 2 N–H and O–H groups in total. The number of rotatable bonds is 7. The third-order valence-corrected chi connectivity index (χ3v) is 1.83. The topological polar surface area (TPSA) is 41.5 Å². The predicted molar refractivity (Wildman–Crippen MR) is 63.3 cm³/mol. The van der Waals surface area contributed by atoms with Gasteiger partial charge in [-0.25, -0.2) is 0 Å². The van der Waals surface area contributed by atoms with Crippen molar-refractivity contribution in [1.82, 2.24) is 5.32 Å². The van der Waals surface area contributed by atoms with Gasteiger partial charge in [-0.15, -0.1) is 12.4 Å². The minimum absolute atomic E-state index is 0. The fourth-order valence-corrected chi connectivity index (χ4v) is 1.14. The lowest BCUT2D eigenvalue weighted by molar-refractivity contribution is 0.0938. The largest absolute Gasteiger partial charge is 0.394 e. The maximum absolute atomic E-state index is 8.46. The SMILES string of the molecule is Cl.OCCOCCNCc1ccccc1. The molecule has 0 fully saturated rings. The van der Waals surface area contributed by atoms with Crippen LogP contribution in [0.3, 0.4) is 0 Å². The van der Waals surface area contributed by atoms with Gasteiger partial charge in [0.05, 0.1) is 19.8 Å². The van der Waals surface area contributed by atoms with Gasteiger partial charge in [0.2, 0.25) is 0 Å². The van der Waals surface area contributed by atoms with Crippen molar-refractivity contribution in [2.75, 3.05) is 26.4 Å². The molecule has 0 amide bonds. The normalized spacial score (nSPS) is 9.67. The molecule has 0 radical (unpaired) electrons. The lowest BCUT2D eigenvalue weighted by atomic mass is 10.2. The third-order valence-electron chi connectivity index (χ3n) is 1.83. The highest BCUT2D eigenvalue weighted by Crippen LogP contribution is 1.96. The first-order chi connectivity index (χ1) is 6.93. The average molecular weight is 232 g/mol. The second-order valence-corrected chi connectivity index (χ2v) is 3.00. The van der Waals surface area contributed by atoms with Crippen molar-refractivity contribution < 1.29 is 9.84 Å². The summed E-state index contributed by atoms with van der Waals surface area (Å²) in [6, 6.07) is 10.2. The molecule has 0 saturated carbocycles. The van der Waals surface area contributed by atoms with Gasteiger partial charge in [0.1, 0.15) is 0 Å². The zero-order valence-electron chi connectivity index (χ0n) is 8.69. The molecular formula is C11H18ClNO2. The number of ether oxygens (including phenoxy) is 1. The third kappa shape index (κ3) is 7.33. The molecule has 4 heteroatoms. The molecule has 15 heavy (non-hydrogen) atoms. The molecular weight excluding hydrogens is 214 g/mol. The van der Waals surface area contributed by atoms with Gasteiger partial charge >= 0.3 is 0 Å². The Balaban J connectivity index is 0.00000196. The zero-order valence-corrected chi connectivity index (χ0v) is 9.50. The molecule has 0 heterocycles. The molecule has 0 bridgehead atoms. The summed E-state index contributed by atoms with van der Waals surface area (Å²) in [6.45, 7) is 2.84. The molecule has 0 aliphatic rings. The number of aliphatic hydroxyl groups is 1. The van der Waals surface area contributed by atoms with E-state index in [1.807, 2.05) is 18.2 Å². The van der Waals surface area contributed by atoms with Crippen LogP contribution in [0.15, 0.2) is 30.3 Å². The fourth-order valence-electron chi connectivity index (χ4n) is 1.14. The number of hydrogen-bond donors (Lipinski definition) is 2. The van der Waals surface area contributed by atoms with Crippen molar-refractivity contribution >= 4 is 12.4 Å². The van der Waals surface area contributed by atoms with E-state index >= 15 is 0 Å². The van der Waals surface area contributed by atoms with Gasteiger partial charge in [0, 0.05) is 13.1 Å². The minimum Gasteiger partial charge on any atom is -0.394 e. The Morgan fingerprint density at radius 2 is 1.87 bits per heavy atom. The van der Waals surface area contributed by atoms with Gasteiger partial charge in [-0.2, -0.15) is 0 Å². The molecule has 1 aromatic carbocycles. The van der Waals surface area contributed by atoms with Crippen molar-refractivity contribution in [2.24, 2.45) is 0 Å². The molecule has 0 aliphatic carbocycles. The number of benzene rings is 1. The Morgan fingerprint density at radius 1 is 1.13 bits per heavy atom. The van der Waals surface area contributed by atoms with Crippen LogP contribution in [0.5, 0.6) is 0 Å². The standard InChI is InChI=1S/C11H17NO2.ClH/c13-7-9-14-8-6-12-10-11-4-2-1-3-5-11;/h1-5,12-13H,6-10H2;1H. The predicted octanol–water partition coefficient (Wildman–Crippen LogP) is 1.21. The van der Waals surface area contributed by atoms with Crippen LogP contribution in [0.2, 0.25) is 0 Å². The van der Waals surface area contributed by atoms with E-state index in [2.05, 4.69) is 17.4 Å². The van der Waals surface area contributed by atoms with Crippen LogP contribution < -0.4 is 5.32 Å². The average Bonchev–Trinajstić information content (AvgIpc) is 2.25. The molecule has 0 saturated heterocycles. The Hall–Kier alpha value is -0.610. The summed E-state index contributed by atoms with van der Waals surface area (Å²) in [5.41, 5.74) is 1.27. The molecule has 1 aromatic rings. The summed E-state index contributed by atoms with van der Waals surface area (Å²) in [7, 11) is 0. The summed E-state index contributed by atoms with van der Waals surface area (Å²) in [6.07, 6.45) is 0. The van der Waals surface area contributed by atoms with E-state index in [9.17, 15) is 0 Å². The van der Waals surface area contributed by atoms with E-state index in [4.69, 9.17) is 9.84 Å². The van der Waals surface area contributed by atoms with E-state index in [0.717, 1.165) is 13.1 Å². The van der Waals surface area contributed by atoms with Crippen molar-refractivity contribution in [3.8, 4) is 0 Å². The highest BCUT2D eigenvalue weighted by Gasteiger charge is 1.90. The lowest BCUT2D eigenvalue weighted by Crippen LogP contribution is -2.19. The Bertz CT molecular complexity index is 231. The molecule has 0 spiro atoms. The van der Waals surface area contributed by atoms with Gasteiger partial charge in [-0.1, -0.05) is 30.3 Å². The monoisotopic (exact) mass is 231 g/mol. The molecule has 0 atom stereocenters. The summed E-state index contributed by atoms with van der Waals surface area (Å²) in [4.78, 5) is 0. The summed E-state index contributed by atoms with van der Waals surface area (Å²) < 4.78 is 5.11. The van der Waals surface area contributed by atoms with Crippen molar-refractivity contribution in [3.05, 3.63) is 35.9 Å². The maximum Gasteiger partial charge on any atom is 0.0698 e. The number of nitrogens with one attached hydrogen (secondary N) is 1. The second-order valence-electron chi connectivity index (χ2n) is 3.00. The Kier molecular flexibility index (Phi) is 9.52. The Labute approximate surface area is 96.9 Å². The van der Waals surface area contributed by atoms with Crippen LogP contribution in [0, 0.1) is 0 Å². The summed E-state index contributed by atoms with van der Waals surface area (Å²) >= 11 is 0. The van der Waals surface area contributed by atoms with Crippen molar-refractivity contribution in [2.45, 2.75) is 6.54 Å². The van der Waals surface area contributed by atoms with Gasteiger partial charge in [-0.3, -0.25) is 0 Å². The van der Waals surface area contributed by atoms with Crippen molar-refractivity contribution in [1.29, 1.82) is 0 Å². The minimum atomic E-state index is 0. The summed E-state index contributed by atoms with van der Waals surface area (Å²) in [5, 5.41) is 11.7. The molecule has 3 nitrogen and oxygen atoms in total. The molecule has 0 aliphatic heterocycles. The van der Waals surface area contributed by atoms with Gasteiger partial charge < -0.3 is 15.2 Å². The molecule has 0 aromatic heterocycles. The first-order valence-electron chi connectivity index (χ1n) is 4.86. The molecule has 86 valence electrons. The van der Waals surface area contributed by atoms with Gasteiger partial charge in [0.25, 0.3) is 0 Å². The zero-order chi connectivity index (χ0) is 10.1. The molecule has 1 rings (SSSR count). The van der Waals surface area contributed by atoms with E-state index in [1.54, 1.807) is 0 Å². The van der Waals surface area contributed by atoms with Crippen LogP contribution in [0.25, 0.3) is 0 Å². The molecule has 0 unspecified atom stereocenters. The van der Waals surface area contributed by atoms with E-state index in [0.29, 0.717) is 13.2 Å². The van der Waals surface area contributed by atoms with Gasteiger partial charge in [0.15, 0.2) is 0 Å².